The number of benzene rings is 1. The summed E-state index contributed by atoms with van der Waals surface area (Å²) in [7, 11) is -4.74. The van der Waals surface area contributed by atoms with E-state index in [4.69, 9.17) is 15.6 Å². The number of carbonyl (C=O) groups is 2. The van der Waals surface area contributed by atoms with Crippen LogP contribution in [0.2, 0.25) is 0 Å². The van der Waals surface area contributed by atoms with E-state index in [9.17, 15) is 18.0 Å². The van der Waals surface area contributed by atoms with Gasteiger partial charge in [0.1, 0.15) is 4.90 Å². The fourth-order valence-electron chi connectivity index (χ4n) is 2.16. The molecule has 0 atom stereocenters. The molecule has 0 unspecified atom stereocenters. The molecule has 0 saturated heterocycles. The first kappa shape index (κ1) is 15.5. The van der Waals surface area contributed by atoms with Crippen LogP contribution >= 0.6 is 0 Å². The zero-order valence-corrected chi connectivity index (χ0v) is 11.4. The molecule has 22 heavy (non-hydrogen) atoms. The molecule has 0 amide bonds. The molecule has 0 fully saturated rings. The van der Waals surface area contributed by atoms with Crippen LogP contribution in [0.25, 0.3) is 20.9 Å². The number of azide groups is 1. The average Bonchev–Trinajstić information content (AvgIpc) is 2.44. The largest absolute Gasteiger partial charge is 0.295 e. The first-order valence-electron chi connectivity index (χ1n) is 5.58. The quantitative estimate of drug-likeness (QED) is 0.385. The molecule has 11 nitrogen and oxygen atoms in total. The lowest BCUT2D eigenvalue weighted by molar-refractivity contribution is 0.0793. The van der Waals surface area contributed by atoms with Gasteiger partial charge in [-0.3, -0.25) is 14.1 Å². The van der Waals surface area contributed by atoms with Gasteiger partial charge in [0.05, 0.1) is 0 Å². The second kappa shape index (κ2) is 5.13. The molecule has 12 heteroatoms. The zero-order valence-electron chi connectivity index (χ0n) is 10.6. The molecule has 112 valence electrons. The van der Waals surface area contributed by atoms with Gasteiger partial charge in [0.25, 0.3) is 10.1 Å². The summed E-state index contributed by atoms with van der Waals surface area (Å²) >= 11 is 0. The molecule has 2 rings (SSSR count). The third-order valence-electron chi connectivity index (χ3n) is 3.02. The van der Waals surface area contributed by atoms with Gasteiger partial charge in [-0.15, -0.1) is 0 Å². The van der Waals surface area contributed by atoms with E-state index in [0.717, 1.165) is 18.2 Å². The third kappa shape index (κ3) is 2.28. The summed E-state index contributed by atoms with van der Waals surface area (Å²) in [5.41, 5.74) is 13.8. The average molecular weight is 322 g/mol. The van der Waals surface area contributed by atoms with Crippen LogP contribution in [-0.2, 0) is 10.1 Å². The van der Waals surface area contributed by atoms with Crippen molar-refractivity contribution in [1.82, 2.24) is 0 Å². The summed E-state index contributed by atoms with van der Waals surface area (Å²) in [6.45, 7) is 0. The highest BCUT2D eigenvalue weighted by atomic mass is 32.2. The first-order valence-corrected chi connectivity index (χ1v) is 7.02. The SMILES string of the molecule is [N-]=[N+]=NC1(N=[N+]=[N-])CC(=O)c2c(cccc2S(=O)(=O)O)C1=O. The van der Waals surface area contributed by atoms with Crippen LogP contribution < -0.4 is 0 Å². The number of Topliss-reactive ketones (excluding diaryl/α,β-unsaturated/α-hetero) is 2. The summed E-state index contributed by atoms with van der Waals surface area (Å²) in [6, 6.07) is 3.18. The fourth-order valence-corrected chi connectivity index (χ4v) is 2.89. The minimum absolute atomic E-state index is 0.411. The molecule has 1 N–H and O–H groups in total. The molecule has 1 aliphatic rings. The maximum atomic E-state index is 12.4. The van der Waals surface area contributed by atoms with Crippen LogP contribution in [0.4, 0.5) is 0 Å². The van der Waals surface area contributed by atoms with Crippen molar-refractivity contribution in [3.63, 3.8) is 0 Å². The van der Waals surface area contributed by atoms with Gasteiger partial charge in [0, 0.05) is 27.4 Å². The Hall–Kier alpha value is -2.91. The summed E-state index contributed by atoms with van der Waals surface area (Å²) in [5.74, 6) is -1.94. The molecule has 0 spiro atoms. The van der Waals surface area contributed by atoms with Gasteiger partial charge in [-0.05, 0) is 17.1 Å². The van der Waals surface area contributed by atoms with Crippen LogP contribution in [-0.4, -0.2) is 30.2 Å². The monoisotopic (exact) mass is 322 g/mol. The Bertz CT molecular complexity index is 876. The van der Waals surface area contributed by atoms with E-state index in [1.54, 1.807) is 0 Å². The second-order valence-corrected chi connectivity index (χ2v) is 5.67. The van der Waals surface area contributed by atoms with E-state index in [-0.39, 0.29) is 0 Å². The van der Waals surface area contributed by atoms with Crippen molar-refractivity contribution in [1.29, 1.82) is 0 Å². The predicted octanol–water partition coefficient (Wildman–Crippen LogP) is 2.02. The summed E-state index contributed by atoms with van der Waals surface area (Å²) in [6.07, 6.45) is -0.834. The van der Waals surface area contributed by atoms with E-state index >= 15 is 0 Å². The number of fused-ring (bicyclic) bond motifs is 1. The highest BCUT2D eigenvalue weighted by molar-refractivity contribution is 7.86. The van der Waals surface area contributed by atoms with Crippen LogP contribution in [0, 0.1) is 0 Å². The number of hydrogen-bond acceptors (Lipinski definition) is 6. The van der Waals surface area contributed by atoms with E-state index in [1.807, 2.05) is 0 Å². The van der Waals surface area contributed by atoms with Crippen molar-refractivity contribution in [3.8, 4) is 0 Å². The van der Waals surface area contributed by atoms with Gasteiger partial charge in [-0.2, -0.15) is 8.42 Å². The number of nitrogens with zero attached hydrogens (tertiary/aromatic N) is 6. The maximum Gasteiger partial charge on any atom is 0.295 e. The summed E-state index contributed by atoms with van der Waals surface area (Å²) in [4.78, 5) is 28.6. The molecule has 1 aliphatic carbocycles. The number of hydrogen-bond donors (Lipinski definition) is 1. The Morgan fingerprint density at radius 2 is 1.77 bits per heavy atom. The summed E-state index contributed by atoms with van der Waals surface area (Å²) in [5, 5.41) is 6.21. The van der Waals surface area contributed by atoms with Crippen LogP contribution in [0.1, 0.15) is 27.1 Å². The van der Waals surface area contributed by atoms with Crippen molar-refractivity contribution < 1.29 is 22.6 Å². The lowest BCUT2D eigenvalue weighted by Crippen LogP contribution is -2.42. The minimum Gasteiger partial charge on any atom is -0.294 e. The number of rotatable bonds is 3. The van der Waals surface area contributed by atoms with Crippen LogP contribution in [0.15, 0.2) is 33.3 Å². The Morgan fingerprint density at radius 3 is 2.27 bits per heavy atom. The highest BCUT2D eigenvalue weighted by Gasteiger charge is 2.47. The number of ketones is 2. The van der Waals surface area contributed by atoms with Gasteiger partial charge in [-0.1, -0.05) is 22.4 Å². The van der Waals surface area contributed by atoms with Gasteiger partial charge in [-0.25, -0.2) is 0 Å². The molecule has 1 aromatic carbocycles. The summed E-state index contributed by atoms with van der Waals surface area (Å²) < 4.78 is 31.7. The molecular formula is C10H6N6O5S. The standard InChI is InChI=1S/C10H6N6O5S/c11-15-13-10(14-16-12)4-6(17)8-5(9(10)18)2-1-3-7(8)22(19,20)21/h1-3H,4H2,(H,19,20,21). The molecule has 0 bridgehead atoms. The Labute approximate surface area is 122 Å². The van der Waals surface area contributed by atoms with Crippen molar-refractivity contribution in [2.75, 3.05) is 0 Å². The molecule has 1 aromatic rings. The fraction of sp³-hybridized carbons (Fsp3) is 0.200. The van der Waals surface area contributed by atoms with Gasteiger partial charge in [0.2, 0.25) is 0 Å². The molecule has 0 radical (unpaired) electrons. The Kier molecular flexibility index (Phi) is 3.61. The Morgan fingerprint density at radius 1 is 1.18 bits per heavy atom. The minimum atomic E-state index is -4.74. The topological polar surface area (TPSA) is 186 Å². The first-order chi connectivity index (χ1) is 10.3. The van der Waals surface area contributed by atoms with Gasteiger partial charge >= 0.3 is 0 Å². The zero-order chi connectivity index (χ0) is 16.5. The van der Waals surface area contributed by atoms with Crippen molar-refractivity contribution in [3.05, 3.63) is 50.2 Å². The molecular weight excluding hydrogens is 316 g/mol. The molecule has 0 aromatic heterocycles. The van der Waals surface area contributed by atoms with Crippen LogP contribution in [0.3, 0.4) is 0 Å². The maximum absolute atomic E-state index is 12.4. The Balaban J connectivity index is 2.84. The van der Waals surface area contributed by atoms with E-state index in [1.165, 1.54) is 0 Å². The third-order valence-corrected chi connectivity index (χ3v) is 3.91. The lowest BCUT2D eigenvalue weighted by Gasteiger charge is -2.27. The normalized spacial score (nSPS) is 20.6. The second-order valence-electron chi connectivity index (χ2n) is 4.28. The number of carbonyl (C=O) groups excluding carboxylic acids is 2. The smallest absolute Gasteiger partial charge is 0.294 e. The van der Waals surface area contributed by atoms with Crippen molar-refractivity contribution in [2.45, 2.75) is 17.0 Å². The molecule has 0 saturated carbocycles. The molecule has 0 heterocycles. The van der Waals surface area contributed by atoms with E-state index < -0.39 is 49.8 Å². The van der Waals surface area contributed by atoms with Crippen LogP contribution in [0.5, 0.6) is 0 Å². The van der Waals surface area contributed by atoms with E-state index in [2.05, 4.69) is 20.1 Å². The van der Waals surface area contributed by atoms with E-state index in [0.29, 0.717) is 0 Å². The molecule has 0 aliphatic heterocycles. The lowest BCUT2D eigenvalue weighted by atomic mass is 9.82. The van der Waals surface area contributed by atoms with Gasteiger partial charge < -0.3 is 0 Å². The highest BCUT2D eigenvalue weighted by Crippen LogP contribution is 2.36. The predicted molar refractivity (Wildman–Crippen MR) is 70.6 cm³/mol. The van der Waals surface area contributed by atoms with Crippen molar-refractivity contribution >= 4 is 21.7 Å². The van der Waals surface area contributed by atoms with Gasteiger partial charge in [0.15, 0.2) is 17.2 Å². The van der Waals surface area contributed by atoms with Crippen molar-refractivity contribution in [2.24, 2.45) is 10.2 Å².